The smallest absolute Gasteiger partial charge is 0.0747 e. The summed E-state index contributed by atoms with van der Waals surface area (Å²) in [6.45, 7) is 6.51. The maximum Gasteiger partial charge on any atom is 0.0747 e. The highest BCUT2D eigenvalue weighted by molar-refractivity contribution is 5.13. The standard InChI is InChI=1S/C14H19NO/c1-2-6-13-9-15-10-14(13)16-11-12-7-4-3-5-8-12/h2-5,7-8,13-15H,1,6,9-11H2/t13-,14-/m0/s1. The van der Waals surface area contributed by atoms with Crippen LogP contribution in [0.15, 0.2) is 43.0 Å². The molecule has 0 spiro atoms. The minimum absolute atomic E-state index is 0.332. The Kier molecular flexibility index (Phi) is 4.14. The van der Waals surface area contributed by atoms with Gasteiger partial charge in [-0.15, -0.1) is 6.58 Å². The molecule has 1 aromatic carbocycles. The van der Waals surface area contributed by atoms with E-state index < -0.39 is 0 Å². The lowest BCUT2D eigenvalue weighted by atomic mass is 10.0. The fourth-order valence-electron chi connectivity index (χ4n) is 2.13. The van der Waals surface area contributed by atoms with Crippen LogP contribution in [0.5, 0.6) is 0 Å². The normalized spacial score (nSPS) is 24.5. The van der Waals surface area contributed by atoms with Crippen molar-refractivity contribution in [2.45, 2.75) is 19.1 Å². The zero-order valence-corrected chi connectivity index (χ0v) is 9.56. The SMILES string of the molecule is C=CC[C@H]1CNC[C@@H]1OCc1ccccc1. The maximum atomic E-state index is 5.94. The Hall–Kier alpha value is -1.12. The summed E-state index contributed by atoms with van der Waals surface area (Å²) in [4.78, 5) is 0. The van der Waals surface area contributed by atoms with Crippen LogP contribution in [-0.4, -0.2) is 19.2 Å². The van der Waals surface area contributed by atoms with Crippen LogP contribution in [0.2, 0.25) is 0 Å². The van der Waals surface area contributed by atoms with E-state index in [2.05, 4.69) is 24.0 Å². The third-order valence-corrected chi connectivity index (χ3v) is 3.05. The first-order valence-corrected chi connectivity index (χ1v) is 5.87. The van der Waals surface area contributed by atoms with Crippen molar-refractivity contribution >= 4 is 0 Å². The van der Waals surface area contributed by atoms with Gasteiger partial charge in [0, 0.05) is 19.0 Å². The molecule has 0 amide bonds. The second kappa shape index (κ2) is 5.83. The quantitative estimate of drug-likeness (QED) is 0.764. The number of allylic oxidation sites excluding steroid dienone is 1. The lowest BCUT2D eigenvalue weighted by molar-refractivity contribution is 0.0266. The largest absolute Gasteiger partial charge is 0.372 e. The highest BCUT2D eigenvalue weighted by atomic mass is 16.5. The molecule has 0 aromatic heterocycles. The number of rotatable bonds is 5. The molecule has 2 atom stereocenters. The van der Waals surface area contributed by atoms with E-state index in [0.717, 1.165) is 19.5 Å². The zero-order chi connectivity index (χ0) is 11.2. The number of hydrogen-bond donors (Lipinski definition) is 1. The first-order chi connectivity index (χ1) is 7.90. The fraction of sp³-hybridized carbons (Fsp3) is 0.429. The molecule has 2 rings (SSSR count). The molecule has 0 aliphatic carbocycles. The molecule has 1 saturated heterocycles. The van der Waals surface area contributed by atoms with Crippen molar-refractivity contribution < 1.29 is 4.74 Å². The number of benzene rings is 1. The van der Waals surface area contributed by atoms with Crippen LogP contribution in [0, 0.1) is 5.92 Å². The lowest BCUT2D eigenvalue weighted by Gasteiger charge is -2.17. The van der Waals surface area contributed by atoms with Crippen molar-refractivity contribution in [3.8, 4) is 0 Å². The predicted octanol–water partition coefficient (Wildman–Crippen LogP) is 2.37. The molecule has 0 bridgehead atoms. The van der Waals surface area contributed by atoms with E-state index in [4.69, 9.17) is 4.74 Å². The molecular formula is C14H19NO. The number of hydrogen-bond acceptors (Lipinski definition) is 2. The Balaban J connectivity index is 1.83. The van der Waals surface area contributed by atoms with Crippen molar-refractivity contribution in [3.63, 3.8) is 0 Å². The maximum absolute atomic E-state index is 5.94. The summed E-state index contributed by atoms with van der Waals surface area (Å²) in [6, 6.07) is 10.3. The van der Waals surface area contributed by atoms with E-state index >= 15 is 0 Å². The Morgan fingerprint density at radius 3 is 2.88 bits per heavy atom. The van der Waals surface area contributed by atoms with Crippen molar-refractivity contribution in [2.24, 2.45) is 5.92 Å². The van der Waals surface area contributed by atoms with Crippen LogP contribution >= 0.6 is 0 Å². The van der Waals surface area contributed by atoms with Crippen LogP contribution < -0.4 is 5.32 Å². The molecule has 1 N–H and O–H groups in total. The molecule has 0 saturated carbocycles. The summed E-state index contributed by atoms with van der Waals surface area (Å²) in [6.07, 6.45) is 3.35. The van der Waals surface area contributed by atoms with Gasteiger partial charge in [-0.1, -0.05) is 36.4 Å². The van der Waals surface area contributed by atoms with E-state index in [1.165, 1.54) is 5.56 Å². The molecule has 0 radical (unpaired) electrons. The van der Waals surface area contributed by atoms with Crippen LogP contribution in [0.25, 0.3) is 0 Å². The van der Waals surface area contributed by atoms with Crippen molar-refractivity contribution in [3.05, 3.63) is 48.6 Å². The summed E-state index contributed by atoms with van der Waals surface area (Å²) in [5.41, 5.74) is 1.24. The average Bonchev–Trinajstić information content (AvgIpc) is 2.76. The molecule has 1 aliphatic rings. The van der Waals surface area contributed by atoms with Gasteiger partial charge in [-0.3, -0.25) is 0 Å². The molecular weight excluding hydrogens is 198 g/mol. The minimum Gasteiger partial charge on any atom is -0.372 e. The lowest BCUT2D eigenvalue weighted by Crippen LogP contribution is -2.22. The van der Waals surface area contributed by atoms with Gasteiger partial charge in [-0.25, -0.2) is 0 Å². The molecule has 1 fully saturated rings. The van der Waals surface area contributed by atoms with Gasteiger partial charge in [0.15, 0.2) is 0 Å². The van der Waals surface area contributed by atoms with Crippen molar-refractivity contribution in [2.75, 3.05) is 13.1 Å². The van der Waals surface area contributed by atoms with E-state index in [1.807, 2.05) is 24.3 Å². The Bertz CT molecular complexity index is 323. The van der Waals surface area contributed by atoms with Gasteiger partial charge in [0.25, 0.3) is 0 Å². The third kappa shape index (κ3) is 2.94. The summed E-state index contributed by atoms with van der Waals surface area (Å²) >= 11 is 0. The summed E-state index contributed by atoms with van der Waals surface area (Å²) in [7, 11) is 0. The third-order valence-electron chi connectivity index (χ3n) is 3.05. The second-order valence-electron chi connectivity index (χ2n) is 4.28. The Labute approximate surface area is 97.3 Å². The molecule has 1 aromatic rings. The Morgan fingerprint density at radius 2 is 2.12 bits per heavy atom. The molecule has 16 heavy (non-hydrogen) atoms. The minimum atomic E-state index is 0.332. The van der Waals surface area contributed by atoms with Crippen molar-refractivity contribution in [1.82, 2.24) is 5.32 Å². The summed E-state index contributed by atoms with van der Waals surface area (Å²) < 4.78 is 5.94. The molecule has 2 heteroatoms. The number of ether oxygens (including phenoxy) is 1. The summed E-state index contributed by atoms with van der Waals surface area (Å²) in [5.74, 6) is 0.584. The molecule has 1 aliphatic heterocycles. The number of nitrogens with one attached hydrogen (secondary N) is 1. The van der Waals surface area contributed by atoms with Gasteiger partial charge in [-0.05, 0) is 12.0 Å². The van der Waals surface area contributed by atoms with Gasteiger partial charge in [0.1, 0.15) is 0 Å². The topological polar surface area (TPSA) is 21.3 Å². The van der Waals surface area contributed by atoms with Crippen molar-refractivity contribution in [1.29, 1.82) is 0 Å². The second-order valence-corrected chi connectivity index (χ2v) is 4.28. The highest BCUT2D eigenvalue weighted by Gasteiger charge is 2.26. The molecule has 1 heterocycles. The summed E-state index contributed by atoms with van der Waals surface area (Å²) in [5, 5.41) is 3.37. The van der Waals surface area contributed by atoms with Gasteiger partial charge in [0.05, 0.1) is 12.7 Å². The highest BCUT2D eigenvalue weighted by Crippen LogP contribution is 2.18. The van der Waals surface area contributed by atoms with Crippen LogP contribution in [0.4, 0.5) is 0 Å². The fourth-order valence-corrected chi connectivity index (χ4v) is 2.13. The predicted molar refractivity (Wildman–Crippen MR) is 66.2 cm³/mol. The molecule has 0 unspecified atom stereocenters. The van der Waals surface area contributed by atoms with E-state index in [-0.39, 0.29) is 0 Å². The van der Waals surface area contributed by atoms with Gasteiger partial charge in [0.2, 0.25) is 0 Å². The van der Waals surface area contributed by atoms with E-state index in [9.17, 15) is 0 Å². The van der Waals surface area contributed by atoms with Crippen LogP contribution in [-0.2, 0) is 11.3 Å². The van der Waals surface area contributed by atoms with Gasteiger partial charge < -0.3 is 10.1 Å². The van der Waals surface area contributed by atoms with Crippen LogP contribution in [0.3, 0.4) is 0 Å². The monoisotopic (exact) mass is 217 g/mol. The zero-order valence-electron chi connectivity index (χ0n) is 9.56. The van der Waals surface area contributed by atoms with E-state index in [0.29, 0.717) is 18.6 Å². The average molecular weight is 217 g/mol. The van der Waals surface area contributed by atoms with Crippen LogP contribution in [0.1, 0.15) is 12.0 Å². The Morgan fingerprint density at radius 1 is 1.31 bits per heavy atom. The van der Waals surface area contributed by atoms with E-state index in [1.54, 1.807) is 0 Å². The molecule has 86 valence electrons. The first kappa shape index (κ1) is 11.4. The first-order valence-electron chi connectivity index (χ1n) is 5.87. The van der Waals surface area contributed by atoms with Gasteiger partial charge >= 0.3 is 0 Å². The molecule has 2 nitrogen and oxygen atoms in total. The van der Waals surface area contributed by atoms with Gasteiger partial charge in [-0.2, -0.15) is 0 Å².